The molecule has 0 saturated heterocycles. The second-order valence-electron chi connectivity index (χ2n) is 5.84. The van der Waals surface area contributed by atoms with Crippen LogP contribution in [0.4, 0.5) is 0 Å². The van der Waals surface area contributed by atoms with Crippen LogP contribution in [0.25, 0.3) is 0 Å². The van der Waals surface area contributed by atoms with Crippen LogP contribution < -0.4 is 14.2 Å². The number of halogens is 1. The summed E-state index contributed by atoms with van der Waals surface area (Å²) in [6, 6.07) is 13.0. The fraction of sp³-hybridized carbons (Fsp3) is 0.381. The summed E-state index contributed by atoms with van der Waals surface area (Å²) in [5, 5.41) is 0. The third-order valence-electron chi connectivity index (χ3n) is 3.73. The van der Waals surface area contributed by atoms with E-state index < -0.39 is 0 Å². The van der Waals surface area contributed by atoms with Crippen LogP contribution in [0.3, 0.4) is 0 Å². The molecule has 2 aromatic carbocycles. The summed E-state index contributed by atoms with van der Waals surface area (Å²) < 4.78 is 17.7. The molecule has 0 bridgehead atoms. The Kier molecular flexibility index (Phi) is 8.48. The predicted molar refractivity (Wildman–Crippen MR) is 106 cm³/mol. The lowest BCUT2D eigenvalue weighted by Crippen LogP contribution is -2.09. The monoisotopic (exact) mass is 420 g/mol. The van der Waals surface area contributed by atoms with Gasteiger partial charge in [0, 0.05) is 10.9 Å². The highest BCUT2D eigenvalue weighted by Gasteiger charge is 2.10. The Morgan fingerprint density at radius 1 is 1.00 bits per heavy atom. The molecule has 0 spiro atoms. The van der Waals surface area contributed by atoms with Gasteiger partial charge in [0.25, 0.3) is 0 Å². The zero-order valence-electron chi connectivity index (χ0n) is 15.3. The molecule has 0 aliphatic carbocycles. The van der Waals surface area contributed by atoms with E-state index in [2.05, 4.69) is 22.9 Å². The maximum absolute atomic E-state index is 12.0. The number of aryl methyl sites for hydroxylation is 1. The number of esters is 1. The van der Waals surface area contributed by atoms with E-state index in [1.54, 1.807) is 12.1 Å². The van der Waals surface area contributed by atoms with Crippen molar-refractivity contribution < 1.29 is 19.0 Å². The van der Waals surface area contributed by atoms with Crippen molar-refractivity contribution in [3.8, 4) is 17.2 Å². The van der Waals surface area contributed by atoms with Gasteiger partial charge in [0.2, 0.25) is 0 Å². The average Bonchev–Trinajstić information content (AvgIpc) is 2.64. The fourth-order valence-corrected chi connectivity index (χ4v) is 2.62. The molecule has 0 saturated carbocycles. The lowest BCUT2D eigenvalue weighted by Gasteiger charge is -2.13. The Hall–Kier alpha value is -2.01. The predicted octanol–water partition coefficient (Wildman–Crippen LogP) is 5.56. The molecular formula is C21H25BrO4. The van der Waals surface area contributed by atoms with Crippen LogP contribution in [0, 0.1) is 0 Å². The number of benzene rings is 2. The maximum atomic E-state index is 12.0. The highest BCUT2D eigenvalue weighted by Crippen LogP contribution is 2.29. The molecule has 0 aliphatic rings. The van der Waals surface area contributed by atoms with Gasteiger partial charge in [0.05, 0.1) is 13.2 Å². The van der Waals surface area contributed by atoms with Crippen molar-refractivity contribution >= 4 is 21.9 Å². The minimum Gasteiger partial charge on any atom is -0.490 e. The van der Waals surface area contributed by atoms with Gasteiger partial charge >= 0.3 is 5.97 Å². The molecule has 0 aliphatic heterocycles. The van der Waals surface area contributed by atoms with Crippen LogP contribution in [0.5, 0.6) is 17.2 Å². The summed E-state index contributed by atoms with van der Waals surface area (Å²) in [6.45, 7) is 5.32. The molecule has 140 valence electrons. The fourth-order valence-electron chi connectivity index (χ4n) is 2.35. The highest BCUT2D eigenvalue weighted by molar-refractivity contribution is 9.10. The van der Waals surface area contributed by atoms with Gasteiger partial charge in [-0.15, -0.1) is 0 Å². The Balaban J connectivity index is 1.92. The van der Waals surface area contributed by atoms with Crippen LogP contribution in [0.1, 0.15) is 38.7 Å². The minimum absolute atomic E-state index is 0.256. The molecule has 0 N–H and O–H groups in total. The van der Waals surface area contributed by atoms with Crippen LogP contribution in [0.15, 0.2) is 46.9 Å². The number of ether oxygens (including phenoxy) is 3. The molecule has 2 aromatic rings. The number of hydrogen-bond acceptors (Lipinski definition) is 4. The molecule has 0 heterocycles. The molecule has 4 nitrogen and oxygen atoms in total. The summed E-state index contributed by atoms with van der Waals surface area (Å²) in [5.41, 5.74) is 1.02. The van der Waals surface area contributed by atoms with Crippen molar-refractivity contribution in [2.75, 3.05) is 13.2 Å². The molecule has 2 rings (SSSR count). The summed E-state index contributed by atoms with van der Waals surface area (Å²) in [7, 11) is 0. The maximum Gasteiger partial charge on any atom is 0.311 e. The van der Waals surface area contributed by atoms with E-state index >= 15 is 0 Å². The van der Waals surface area contributed by atoms with Gasteiger partial charge in [0.15, 0.2) is 11.5 Å². The SMILES string of the molecule is CCCCOc1ccc(CCC(=O)Oc2ccc(Br)cc2)cc1OCC. The smallest absolute Gasteiger partial charge is 0.311 e. The first-order chi connectivity index (χ1) is 12.6. The molecule has 0 radical (unpaired) electrons. The van der Waals surface area contributed by atoms with Gasteiger partial charge < -0.3 is 14.2 Å². The molecule has 0 fully saturated rings. The summed E-state index contributed by atoms with van der Waals surface area (Å²) in [4.78, 5) is 12.0. The number of rotatable bonds is 10. The van der Waals surface area contributed by atoms with Crippen molar-refractivity contribution in [2.45, 2.75) is 39.5 Å². The number of carbonyl (C=O) groups excluding carboxylic acids is 1. The van der Waals surface area contributed by atoms with E-state index in [0.717, 1.165) is 34.4 Å². The third-order valence-corrected chi connectivity index (χ3v) is 4.26. The molecule has 0 aromatic heterocycles. The zero-order valence-corrected chi connectivity index (χ0v) is 16.9. The zero-order chi connectivity index (χ0) is 18.8. The van der Waals surface area contributed by atoms with E-state index in [0.29, 0.717) is 31.8 Å². The van der Waals surface area contributed by atoms with Gasteiger partial charge in [-0.1, -0.05) is 35.3 Å². The van der Waals surface area contributed by atoms with E-state index in [4.69, 9.17) is 14.2 Å². The molecule has 26 heavy (non-hydrogen) atoms. The van der Waals surface area contributed by atoms with Crippen molar-refractivity contribution in [3.05, 3.63) is 52.5 Å². The molecule has 0 atom stereocenters. The van der Waals surface area contributed by atoms with E-state index in [1.165, 1.54) is 0 Å². The van der Waals surface area contributed by atoms with Gasteiger partial charge in [-0.3, -0.25) is 4.79 Å². The largest absolute Gasteiger partial charge is 0.490 e. The van der Waals surface area contributed by atoms with Crippen molar-refractivity contribution in [3.63, 3.8) is 0 Å². The Morgan fingerprint density at radius 3 is 2.46 bits per heavy atom. The third kappa shape index (κ3) is 6.71. The second kappa shape index (κ2) is 10.9. The second-order valence-corrected chi connectivity index (χ2v) is 6.76. The summed E-state index contributed by atoms with van der Waals surface area (Å²) >= 11 is 3.36. The first-order valence-corrected chi connectivity index (χ1v) is 9.76. The quantitative estimate of drug-likeness (QED) is 0.286. The van der Waals surface area contributed by atoms with Crippen molar-refractivity contribution in [2.24, 2.45) is 0 Å². The first kappa shape index (κ1) is 20.3. The molecule has 0 amide bonds. The average molecular weight is 421 g/mol. The summed E-state index contributed by atoms with van der Waals surface area (Å²) in [5.74, 6) is 1.77. The van der Waals surface area contributed by atoms with Gasteiger partial charge in [-0.05, 0) is 61.7 Å². The normalized spacial score (nSPS) is 10.4. The first-order valence-electron chi connectivity index (χ1n) is 8.97. The molecule has 0 unspecified atom stereocenters. The van der Waals surface area contributed by atoms with Crippen LogP contribution in [0.2, 0.25) is 0 Å². The summed E-state index contributed by atoms with van der Waals surface area (Å²) in [6.07, 6.45) is 2.99. The Morgan fingerprint density at radius 2 is 1.77 bits per heavy atom. The Labute approximate surface area is 163 Å². The highest BCUT2D eigenvalue weighted by atomic mass is 79.9. The van der Waals surface area contributed by atoms with Crippen LogP contribution in [-0.4, -0.2) is 19.2 Å². The number of hydrogen-bond donors (Lipinski definition) is 0. The van der Waals surface area contributed by atoms with Crippen molar-refractivity contribution in [1.82, 2.24) is 0 Å². The van der Waals surface area contributed by atoms with E-state index in [1.807, 2.05) is 37.3 Å². The van der Waals surface area contributed by atoms with Crippen LogP contribution in [-0.2, 0) is 11.2 Å². The minimum atomic E-state index is -0.256. The Bertz CT molecular complexity index is 698. The van der Waals surface area contributed by atoms with E-state index in [9.17, 15) is 4.79 Å². The molecule has 5 heteroatoms. The van der Waals surface area contributed by atoms with Gasteiger partial charge in [-0.25, -0.2) is 0 Å². The van der Waals surface area contributed by atoms with Crippen molar-refractivity contribution in [1.29, 1.82) is 0 Å². The number of carbonyl (C=O) groups is 1. The lowest BCUT2D eigenvalue weighted by atomic mass is 10.1. The standard InChI is InChI=1S/C21H25BrO4/c1-3-5-14-25-19-12-6-16(15-20(19)24-4-2)7-13-21(23)26-18-10-8-17(22)9-11-18/h6,8-12,15H,3-5,7,13-14H2,1-2H3. The molecular weight excluding hydrogens is 396 g/mol. The van der Waals surface area contributed by atoms with Gasteiger partial charge in [0.1, 0.15) is 5.75 Å². The lowest BCUT2D eigenvalue weighted by molar-refractivity contribution is -0.134. The van der Waals surface area contributed by atoms with Gasteiger partial charge in [-0.2, -0.15) is 0 Å². The number of unbranched alkanes of at least 4 members (excludes halogenated alkanes) is 1. The van der Waals surface area contributed by atoms with E-state index in [-0.39, 0.29) is 5.97 Å². The van der Waals surface area contributed by atoms with Crippen LogP contribution >= 0.6 is 15.9 Å². The topological polar surface area (TPSA) is 44.8 Å².